The van der Waals surface area contributed by atoms with E-state index in [1.807, 2.05) is 6.08 Å². The highest BCUT2D eigenvalue weighted by Gasteiger charge is 2.50. The van der Waals surface area contributed by atoms with Gasteiger partial charge in [-0.3, -0.25) is 0 Å². The molecule has 1 saturated heterocycles. The van der Waals surface area contributed by atoms with Crippen LogP contribution in [0.15, 0.2) is 73.3 Å². The van der Waals surface area contributed by atoms with Crippen LogP contribution < -0.4 is 5.32 Å². The van der Waals surface area contributed by atoms with Crippen LogP contribution in [0.5, 0.6) is 0 Å². The molecular weight excluding hydrogens is 412 g/mol. The highest BCUT2D eigenvalue weighted by Crippen LogP contribution is 2.54. The van der Waals surface area contributed by atoms with Gasteiger partial charge in [0.2, 0.25) is 0 Å². The van der Waals surface area contributed by atoms with Crippen LogP contribution in [0.4, 0.5) is 5.69 Å². The monoisotopic (exact) mass is 460 g/mol. The standard InChI is InChI=1S/C32H48N2/c1-11-14-15-16-19-32(10)28(9)34(29(17-12-2)18-13-3)27(8)30(32)22-26(7)33-31-24(5)20-23(4)21-25(31)6/h12-13,17-18,20-21,28,30,33H,2,7-8,11,14-16,19,22H2,1,3-6,9-10H3/b18-13-,29-17+. The van der Waals surface area contributed by atoms with Crippen molar-refractivity contribution in [2.45, 2.75) is 93.0 Å². The molecule has 0 radical (unpaired) electrons. The van der Waals surface area contributed by atoms with Gasteiger partial charge in [0.25, 0.3) is 0 Å². The minimum Gasteiger partial charge on any atom is -0.359 e. The molecule has 2 nitrogen and oxygen atoms in total. The molecule has 3 atom stereocenters. The third kappa shape index (κ3) is 6.14. The maximum absolute atomic E-state index is 4.65. The molecule has 34 heavy (non-hydrogen) atoms. The molecule has 186 valence electrons. The molecule has 1 fully saturated rings. The van der Waals surface area contributed by atoms with E-state index in [-0.39, 0.29) is 5.41 Å². The van der Waals surface area contributed by atoms with Crippen LogP contribution in [-0.4, -0.2) is 10.9 Å². The second kappa shape index (κ2) is 12.3. The summed E-state index contributed by atoms with van der Waals surface area (Å²) in [5.74, 6) is 0.327. The van der Waals surface area contributed by atoms with Crippen molar-refractivity contribution in [2.75, 3.05) is 5.32 Å². The fourth-order valence-corrected chi connectivity index (χ4v) is 5.80. The third-order valence-corrected chi connectivity index (χ3v) is 7.75. The zero-order valence-corrected chi connectivity index (χ0v) is 22.9. The fraction of sp³-hybridized carbons (Fsp3) is 0.500. The highest BCUT2D eigenvalue weighted by molar-refractivity contribution is 5.61. The number of hydrogen-bond donors (Lipinski definition) is 1. The lowest BCUT2D eigenvalue weighted by Gasteiger charge is -2.36. The Balaban J connectivity index is 2.36. The first-order chi connectivity index (χ1) is 16.1. The topological polar surface area (TPSA) is 15.3 Å². The number of nitrogens with zero attached hydrogens (tertiary/aromatic N) is 1. The van der Waals surface area contributed by atoms with E-state index < -0.39 is 0 Å². The number of hydrogen-bond acceptors (Lipinski definition) is 2. The Morgan fingerprint density at radius 1 is 1.15 bits per heavy atom. The quantitative estimate of drug-likeness (QED) is 0.247. The first-order valence-electron chi connectivity index (χ1n) is 13.1. The molecule has 1 aliphatic heterocycles. The number of likely N-dealkylation sites (tertiary alicyclic amines) is 1. The molecule has 1 aromatic carbocycles. The summed E-state index contributed by atoms with van der Waals surface area (Å²) < 4.78 is 0. The Kier molecular flexibility index (Phi) is 10.0. The Morgan fingerprint density at radius 2 is 1.79 bits per heavy atom. The molecule has 0 saturated carbocycles. The average molecular weight is 461 g/mol. The summed E-state index contributed by atoms with van der Waals surface area (Å²) in [6.07, 6.45) is 15.5. The first kappa shape index (κ1) is 27.8. The minimum absolute atomic E-state index is 0.120. The number of allylic oxidation sites excluding steroid dienone is 6. The van der Waals surface area contributed by atoms with Gasteiger partial charge in [-0.05, 0) is 76.2 Å². The number of unbranched alkanes of at least 4 members (excludes halogenated alkanes) is 3. The predicted molar refractivity (Wildman–Crippen MR) is 152 cm³/mol. The van der Waals surface area contributed by atoms with Crippen molar-refractivity contribution in [1.29, 1.82) is 0 Å². The van der Waals surface area contributed by atoms with Crippen molar-refractivity contribution >= 4 is 5.69 Å². The van der Waals surface area contributed by atoms with Crippen molar-refractivity contribution in [3.63, 3.8) is 0 Å². The molecule has 0 bridgehead atoms. The second-order valence-electron chi connectivity index (χ2n) is 10.4. The van der Waals surface area contributed by atoms with Gasteiger partial charge in [0.15, 0.2) is 0 Å². The summed E-state index contributed by atoms with van der Waals surface area (Å²) in [4.78, 5) is 2.45. The molecule has 3 unspecified atom stereocenters. The number of benzene rings is 1. The van der Waals surface area contributed by atoms with Crippen molar-refractivity contribution in [1.82, 2.24) is 4.90 Å². The molecule has 1 aromatic rings. The van der Waals surface area contributed by atoms with Gasteiger partial charge in [-0.2, -0.15) is 0 Å². The zero-order valence-electron chi connectivity index (χ0n) is 22.9. The van der Waals surface area contributed by atoms with Crippen LogP contribution >= 0.6 is 0 Å². The summed E-state index contributed by atoms with van der Waals surface area (Å²) in [5, 5.41) is 3.68. The van der Waals surface area contributed by atoms with Crippen molar-refractivity contribution < 1.29 is 0 Å². The van der Waals surface area contributed by atoms with E-state index in [0.717, 1.165) is 12.1 Å². The lowest BCUT2D eigenvalue weighted by molar-refractivity contribution is 0.162. The summed E-state index contributed by atoms with van der Waals surface area (Å²) >= 11 is 0. The van der Waals surface area contributed by atoms with Gasteiger partial charge in [0.1, 0.15) is 0 Å². The van der Waals surface area contributed by atoms with Crippen LogP contribution in [0.2, 0.25) is 0 Å². The van der Waals surface area contributed by atoms with E-state index in [9.17, 15) is 0 Å². The van der Waals surface area contributed by atoms with Crippen LogP contribution in [0.3, 0.4) is 0 Å². The molecular formula is C32H48N2. The minimum atomic E-state index is 0.120. The van der Waals surface area contributed by atoms with Gasteiger partial charge in [0, 0.05) is 34.7 Å². The van der Waals surface area contributed by atoms with Gasteiger partial charge < -0.3 is 10.2 Å². The summed E-state index contributed by atoms with van der Waals surface area (Å²) in [7, 11) is 0. The number of nitrogens with one attached hydrogen (secondary N) is 1. The Hall–Kier alpha value is -2.48. The second-order valence-corrected chi connectivity index (χ2v) is 10.4. The summed E-state index contributed by atoms with van der Waals surface area (Å²) in [5.41, 5.74) is 8.57. The van der Waals surface area contributed by atoms with Gasteiger partial charge in [-0.25, -0.2) is 0 Å². The molecule has 0 spiro atoms. The molecule has 1 heterocycles. The molecule has 0 aromatic heterocycles. The van der Waals surface area contributed by atoms with Gasteiger partial charge >= 0.3 is 0 Å². The largest absolute Gasteiger partial charge is 0.359 e. The maximum atomic E-state index is 4.65. The predicted octanol–water partition coefficient (Wildman–Crippen LogP) is 9.38. The van der Waals surface area contributed by atoms with Crippen LogP contribution in [0, 0.1) is 32.1 Å². The van der Waals surface area contributed by atoms with E-state index in [0.29, 0.717) is 12.0 Å². The lowest BCUT2D eigenvalue weighted by atomic mass is 9.69. The fourth-order valence-electron chi connectivity index (χ4n) is 5.80. The normalized spacial score (nSPS) is 23.1. The number of aryl methyl sites for hydroxylation is 3. The van der Waals surface area contributed by atoms with Crippen LogP contribution in [0.25, 0.3) is 0 Å². The van der Waals surface area contributed by atoms with Crippen LogP contribution in [-0.2, 0) is 0 Å². The molecule has 1 aliphatic rings. The molecule has 1 N–H and O–H groups in total. The molecule has 0 amide bonds. The zero-order chi connectivity index (χ0) is 25.5. The van der Waals surface area contributed by atoms with Crippen molar-refractivity contribution in [3.8, 4) is 0 Å². The Bertz CT molecular complexity index is 925. The smallest absolute Gasteiger partial charge is 0.0441 e. The molecule has 2 heteroatoms. The van der Waals surface area contributed by atoms with Gasteiger partial charge in [-0.1, -0.05) is 89.1 Å². The summed E-state index contributed by atoms with van der Waals surface area (Å²) in [6.45, 7) is 28.8. The van der Waals surface area contributed by atoms with Crippen molar-refractivity contribution in [3.05, 3.63) is 90.0 Å². The third-order valence-electron chi connectivity index (χ3n) is 7.75. The van der Waals surface area contributed by atoms with Gasteiger partial charge in [-0.15, -0.1) is 0 Å². The van der Waals surface area contributed by atoms with E-state index >= 15 is 0 Å². The van der Waals surface area contributed by atoms with E-state index in [4.69, 9.17) is 0 Å². The average Bonchev–Trinajstić information content (AvgIpc) is 2.94. The van der Waals surface area contributed by atoms with Crippen LogP contribution in [0.1, 0.15) is 82.9 Å². The van der Waals surface area contributed by atoms with Crippen molar-refractivity contribution in [2.24, 2.45) is 11.3 Å². The first-order valence-corrected chi connectivity index (χ1v) is 13.1. The number of anilines is 1. The maximum Gasteiger partial charge on any atom is 0.0441 e. The SMILES string of the molecule is C=C/C=C(\C=C/C)N1C(=C)C(CC(=C)Nc2c(C)cc(C)cc2C)C(C)(CCCCCC)C1C. The number of rotatable bonds is 12. The van der Waals surface area contributed by atoms with E-state index in [1.165, 1.54) is 65.9 Å². The van der Waals surface area contributed by atoms with Gasteiger partial charge in [0.05, 0.1) is 0 Å². The molecule has 2 rings (SSSR count). The Labute approximate surface area is 210 Å². The highest BCUT2D eigenvalue weighted by atomic mass is 15.2. The lowest BCUT2D eigenvalue weighted by Crippen LogP contribution is -2.36. The molecule has 0 aliphatic carbocycles. The summed E-state index contributed by atoms with van der Waals surface area (Å²) in [6, 6.07) is 4.83. The Morgan fingerprint density at radius 3 is 2.35 bits per heavy atom. The van der Waals surface area contributed by atoms with E-state index in [2.05, 4.69) is 109 Å². The van der Waals surface area contributed by atoms with E-state index in [1.54, 1.807) is 0 Å².